The predicted octanol–water partition coefficient (Wildman–Crippen LogP) is 3.40. The van der Waals surface area contributed by atoms with Gasteiger partial charge in [-0.25, -0.2) is 19.9 Å². The number of nitrogens with zero attached hydrogens (tertiary/aromatic N) is 7. The topological polar surface area (TPSA) is 136 Å². The molecule has 10 heteroatoms. The Balaban J connectivity index is 1.69. The third kappa shape index (κ3) is 3.32. The standard InChI is InChI=1S/C23H23N9O/c1-12-9-10-26-23(29-12)33-15-7-5-14(6-8-15)16-17-21(25)27-11-28-22(17)31(3)19(16)18-13(2)20(24)30-32(18)4/h5-11H,1-4H3,(H2,24,30)(H2,25,27,28). The van der Waals surface area contributed by atoms with Crippen LogP contribution in [-0.4, -0.2) is 34.3 Å². The summed E-state index contributed by atoms with van der Waals surface area (Å²) in [6.45, 7) is 3.84. The van der Waals surface area contributed by atoms with E-state index < -0.39 is 0 Å². The summed E-state index contributed by atoms with van der Waals surface area (Å²) < 4.78 is 9.59. The van der Waals surface area contributed by atoms with Crippen molar-refractivity contribution in [2.24, 2.45) is 14.1 Å². The highest BCUT2D eigenvalue weighted by molar-refractivity contribution is 6.07. The third-order valence-electron chi connectivity index (χ3n) is 5.67. The summed E-state index contributed by atoms with van der Waals surface area (Å²) in [4.78, 5) is 17.2. The summed E-state index contributed by atoms with van der Waals surface area (Å²) in [6.07, 6.45) is 3.13. The first-order valence-electron chi connectivity index (χ1n) is 10.3. The minimum Gasteiger partial charge on any atom is -0.424 e. The van der Waals surface area contributed by atoms with Gasteiger partial charge in [0.2, 0.25) is 0 Å². The van der Waals surface area contributed by atoms with E-state index in [-0.39, 0.29) is 0 Å². The van der Waals surface area contributed by atoms with Gasteiger partial charge in [-0.05, 0) is 37.6 Å². The first kappa shape index (κ1) is 20.4. The van der Waals surface area contributed by atoms with Crippen LogP contribution in [-0.2, 0) is 14.1 Å². The second-order valence-electron chi connectivity index (χ2n) is 7.83. The van der Waals surface area contributed by atoms with Crippen LogP contribution >= 0.6 is 0 Å². The number of rotatable bonds is 4. The Morgan fingerprint density at radius 2 is 1.64 bits per heavy atom. The van der Waals surface area contributed by atoms with Crippen molar-refractivity contribution >= 4 is 22.7 Å². The van der Waals surface area contributed by atoms with Crippen molar-refractivity contribution in [3.05, 3.63) is 54.1 Å². The largest absolute Gasteiger partial charge is 0.424 e. The van der Waals surface area contributed by atoms with E-state index in [1.54, 1.807) is 10.9 Å². The number of ether oxygens (including phenoxy) is 1. The molecule has 1 aromatic carbocycles. The van der Waals surface area contributed by atoms with E-state index in [1.807, 2.05) is 62.8 Å². The van der Waals surface area contributed by atoms with E-state index in [0.29, 0.717) is 23.4 Å². The molecule has 4 heterocycles. The van der Waals surface area contributed by atoms with Crippen molar-refractivity contribution in [1.82, 2.24) is 34.3 Å². The molecule has 0 amide bonds. The minimum absolute atomic E-state index is 0.298. The number of anilines is 2. The number of hydrogen-bond acceptors (Lipinski definition) is 8. The SMILES string of the molecule is Cc1ccnc(Oc2ccc(-c3c(-c4c(C)c(N)nn4C)n(C)c4ncnc(N)c34)cc2)n1. The maximum absolute atomic E-state index is 6.33. The van der Waals surface area contributed by atoms with E-state index in [2.05, 4.69) is 25.0 Å². The monoisotopic (exact) mass is 441 g/mol. The highest BCUT2D eigenvalue weighted by atomic mass is 16.5. The Morgan fingerprint density at radius 1 is 0.879 bits per heavy atom. The van der Waals surface area contributed by atoms with E-state index in [4.69, 9.17) is 16.2 Å². The molecule has 0 aliphatic heterocycles. The number of aromatic nitrogens is 7. The van der Waals surface area contributed by atoms with E-state index in [0.717, 1.165) is 44.8 Å². The van der Waals surface area contributed by atoms with Crippen LogP contribution in [0.25, 0.3) is 33.5 Å². The lowest BCUT2D eigenvalue weighted by atomic mass is 10.00. The predicted molar refractivity (Wildman–Crippen MR) is 127 cm³/mol. The van der Waals surface area contributed by atoms with Gasteiger partial charge in [-0.2, -0.15) is 5.10 Å². The molecule has 0 bridgehead atoms. The smallest absolute Gasteiger partial charge is 0.322 e. The summed E-state index contributed by atoms with van der Waals surface area (Å²) in [5, 5.41) is 5.17. The first-order chi connectivity index (χ1) is 15.8. The van der Waals surface area contributed by atoms with Gasteiger partial charge in [0.05, 0.1) is 16.8 Å². The van der Waals surface area contributed by atoms with Crippen LogP contribution < -0.4 is 16.2 Å². The van der Waals surface area contributed by atoms with Gasteiger partial charge in [-0.3, -0.25) is 4.68 Å². The number of nitrogen functional groups attached to an aromatic ring is 2. The second-order valence-corrected chi connectivity index (χ2v) is 7.83. The summed E-state index contributed by atoms with van der Waals surface area (Å²) in [6, 6.07) is 9.78. The van der Waals surface area contributed by atoms with Crippen molar-refractivity contribution in [2.45, 2.75) is 13.8 Å². The summed E-state index contributed by atoms with van der Waals surface area (Å²) >= 11 is 0. The van der Waals surface area contributed by atoms with Crippen LogP contribution in [0.5, 0.6) is 11.8 Å². The molecule has 0 saturated carbocycles. The number of nitrogens with two attached hydrogens (primary N) is 2. The van der Waals surface area contributed by atoms with Crippen molar-refractivity contribution in [1.29, 1.82) is 0 Å². The van der Waals surface area contributed by atoms with Crippen LogP contribution in [0, 0.1) is 13.8 Å². The molecule has 0 aliphatic rings. The lowest BCUT2D eigenvalue weighted by molar-refractivity contribution is 0.440. The van der Waals surface area contributed by atoms with Crippen molar-refractivity contribution in [2.75, 3.05) is 11.5 Å². The lowest BCUT2D eigenvalue weighted by Gasteiger charge is -2.11. The zero-order valence-electron chi connectivity index (χ0n) is 18.7. The molecule has 0 fully saturated rings. The van der Waals surface area contributed by atoms with Crippen LogP contribution in [0.15, 0.2) is 42.9 Å². The number of hydrogen-bond donors (Lipinski definition) is 2. The highest BCUT2D eigenvalue weighted by Gasteiger charge is 2.25. The minimum atomic E-state index is 0.298. The summed E-state index contributed by atoms with van der Waals surface area (Å²) in [5.41, 5.74) is 18.5. The fourth-order valence-electron chi connectivity index (χ4n) is 4.09. The normalized spacial score (nSPS) is 11.3. The van der Waals surface area contributed by atoms with E-state index >= 15 is 0 Å². The molecule has 0 spiro atoms. The first-order valence-corrected chi connectivity index (χ1v) is 10.3. The molecule has 4 N–H and O–H groups in total. The van der Waals surface area contributed by atoms with Gasteiger partial charge in [-0.1, -0.05) is 12.1 Å². The molecule has 4 aromatic heterocycles. The molecule has 33 heavy (non-hydrogen) atoms. The van der Waals surface area contributed by atoms with Gasteiger partial charge in [0.25, 0.3) is 0 Å². The van der Waals surface area contributed by atoms with E-state index in [9.17, 15) is 0 Å². The quantitative estimate of drug-likeness (QED) is 0.433. The van der Waals surface area contributed by atoms with Gasteiger partial charge >= 0.3 is 6.01 Å². The molecular formula is C23H23N9O. The van der Waals surface area contributed by atoms with Gasteiger partial charge in [0, 0.05) is 37.1 Å². The Morgan fingerprint density at radius 3 is 2.30 bits per heavy atom. The fraction of sp³-hybridized carbons (Fsp3) is 0.174. The molecule has 0 unspecified atom stereocenters. The molecule has 166 valence electrons. The van der Waals surface area contributed by atoms with Gasteiger partial charge in [0.15, 0.2) is 0 Å². The third-order valence-corrected chi connectivity index (χ3v) is 5.67. The average molecular weight is 441 g/mol. The molecule has 5 rings (SSSR count). The summed E-state index contributed by atoms with van der Waals surface area (Å²) in [7, 11) is 3.82. The maximum atomic E-state index is 6.33. The molecule has 5 aromatic rings. The number of aryl methyl sites for hydroxylation is 3. The van der Waals surface area contributed by atoms with Crippen molar-refractivity contribution in [3.63, 3.8) is 0 Å². The average Bonchev–Trinajstić information content (AvgIpc) is 3.21. The second kappa shape index (κ2) is 7.59. The Bertz CT molecular complexity index is 1500. The van der Waals surface area contributed by atoms with Crippen LogP contribution in [0.4, 0.5) is 11.6 Å². The Hall–Kier alpha value is -4.47. The zero-order chi connectivity index (χ0) is 23.3. The van der Waals surface area contributed by atoms with Crippen molar-refractivity contribution < 1.29 is 4.74 Å². The summed E-state index contributed by atoms with van der Waals surface area (Å²) in [5.74, 6) is 1.50. The van der Waals surface area contributed by atoms with E-state index in [1.165, 1.54) is 6.33 Å². The fourth-order valence-corrected chi connectivity index (χ4v) is 4.09. The lowest BCUT2D eigenvalue weighted by Crippen LogP contribution is -2.01. The van der Waals surface area contributed by atoms with Crippen molar-refractivity contribution in [3.8, 4) is 34.3 Å². The zero-order valence-corrected chi connectivity index (χ0v) is 18.7. The number of benzene rings is 1. The van der Waals surface area contributed by atoms with Gasteiger partial charge < -0.3 is 20.8 Å². The Labute approximate surface area is 189 Å². The molecule has 10 nitrogen and oxygen atoms in total. The molecule has 0 atom stereocenters. The van der Waals surface area contributed by atoms with Crippen LogP contribution in [0.3, 0.4) is 0 Å². The highest BCUT2D eigenvalue weighted by Crippen LogP contribution is 2.43. The maximum Gasteiger partial charge on any atom is 0.322 e. The van der Waals surface area contributed by atoms with Gasteiger partial charge in [0.1, 0.15) is 29.4 Å². The Kier molecular flexibility index (Phi) is 4.70. The molecule has 0 aliphatic carbocycles. The molecular weight excluding hydrogens is 418 g/mol. The van der Waals surface area contributed by atoms with Gasteiger partial charge in [-0.15, -0.1) is 0 Å². The number of fused-ring (bicyclic) bond motifs is 1. The molecule has 0 radical (unpaired) electrons. The van der Waals surface area contributed by atoms with Crippen LogP contribution in [0.2, 0.25) is 0 Å². The van der Waals surface area contributed by atoms with Crippen LogP contribution in [0.1, 0.15) is 11.3 Å². The molecule has 0 saturated heterocycles.